The summed E-state index contributed by atoms with van der Waals surface area (Å²) >= 11 is 0. The van der Waals surface area contributed by atoms with Gasteiger partial charge >= 0.3 is 0 Å². The summed E-state index contributed by atoms with van der Waals surface area (Å²) in [6.07, 6.45) is 14.2. The van der Waals surface area contributed by atoms with Gasteiger partial charge in [-0.2, -0.15) is 0 Å². The van der Waals surface area contributed by atoms with E-state index in [1.807, 2.05) is 0 Å². The molecular formula is C24H35NO2. The molecule has 3 nitrogen and oxygen atoms in total. The molecular weight excluding hydrogens is 334 g/mol. The molecule has 0 saturated heterocycles. The quantitative estimate of drug-likeness (QED) is 0.753. The Morgan fingerprint density at radius 2 is 1.63 bits per heavy atom. The lowest BCUT2D eigenvalue weighted by Gasteiger charge is -2.56. The summed E-state index contributed by atoms with van der Waals surface area (Å²) in [5.74, 6) is 0.960. The predicted octanol–water partition coefficient (Wildman–Crippen LogP) is 5.42. The van der Waals surface area contributed by atoms with Crippen LogP contribution < -0.4 is 10.5 Å². The van der Waals surface area contributed by atoms with E-state index in [0.29, 0.717) is 10.8 Å². The highest BCUT2D eigenvalue weighted by molar-refractivity contribution is 5.81. The molecule has 148 valence electrons. The van der Waals surface area contributed by atoms with Crippen molar-refractivity contribution in [2.45, 2.75) is 89.4 Å². The Labute approximate surface area is 164 Å². The standard InChI is InChI=1S/C24H35NO2/c1-18-16-19(6-7-20(18)27-2)23-13-10-22(11-14-23,12-15-23)17-24(21(25)26)8-4-3-5-9-24/h6-7,16H,3-5,8-15,17H2,1-2H3,(H2,25,26). The van der Waals surface area contributed by atoms with Crippen molar-refractivity contribution in [2.24, 2.45) is 16.6 Å². The van der Waals surface area contributed by atoms with E-state index in [9.17, 15) is 4.79 Å². The number of carbonyl (C=O) groups excluding carboxylic acids is 1. The molecule has 0 atom stereocenters. The minimum atomic E-state index is -0.216. The first-order valence-electron chi connectivity index (χ1n) is 10.9. The molecule has 4 fully saturated rings. The van der Waals surface area contributed by atoms with Crippen molar-refractivity contribution in [3.8, 4) is 5.75 Å². The first-order valence-corrected chi connectivity index (χ1v) is 10.9. The second-order valence-electron chi connectivity index (χ2n) is 9.85. The molecule has 0 unspecified atom stereocenters. The topological polar surface area (TPSA) is 52.3 Å². The number of hydrogen-bond acceptors (Lipinski definition) is 2. The zero-order valence-electron chi connectivity index (χ0n) is 17.1. The molecule has 4 aliphatic rings. The van der Waals surface area contributed by atoms with Crippen LogP contribution in [0.5, 0.6) is 5.75 Å². The Kier molecular flexibility index (Phi) is 4.76. The van der Waals surface area contributed by atoms with Gasteiger partial charge in [-0.1, -0.05) is 31.4 Å². The van der Waals surface area contributed by atoms with Gasteiger partial charge in [0, 0.05) is 5.41 Å². The Balaban J connectivity index is 1.52. The normalized spacial score (nSPS) is 32.2. The highest BCUT2D eigenvalue weighted by atomic mass is 16.5. The van der Waals surface area contributed by atoms with Gasteiger partial charge < -0.3 is 10.5 Å². The van der Waals surface area contributed by atoms with Crippen LogP contribution in [-0.4, -0.2) is 13.0 Å². The van der Waals surface area contributed by atoms with Crippen LogP contribution in [0.1, 0.15) is 88.2 Å². The largest absolute Gasteiger partial charge is 0.496 e. The number of benzene rings is 1. The lowest BCUT2D eigenvalue weighted by molar-refractivity contribution is -0.134. The number of nitrogens with two attached hydrogens (primary N) is 1. The fraction of sp³-hybridized carbons (Fsp3) is 0.708. The van der Waals surface area contributed by atoms with E-state index in [0.717, 1.165) is 25.0 Å². The number of fused-ring (bicyclic) bond motifs is 3. The van der Waals surface area contributed by atoms with Gasteiger partial charge in [-0.05, 0) is 92.7 Å². The molecule has 2 N–H and O–H groups in total. The highest BCUT2D eigenvalue weighted by Crippen LogP contribution is 2.62. The highest BCUT2D eigenvalue weighted by Gasteiger charge is 2.53. The molecule has 2 bridgehead atoms. The lowest BCUT2D eigenvalue weighted by atomic mass is 9.48. The molecule has 27 heavy (non-hydrogen) atoms. The van der Waals surface area contributed by atoms with E-state index in [4.69, 9.17) is 10.5 Å². The number of rotatable bonds is 5. The summed E-state index contributed by atoms with van der Waals surface area (Å²) in [5, 5.41) is 0. The van der Waals surface area contributed by atoms with E-state index in [1.54, 1.807) is 7.11 Å². The van der Waals surface area contributed by atoms with Crippen LogP contribution in [0.25, 0.3) is 0 Å². The molecule has 4 saturated carbocycles. The summed E-state index contributed by atoms with van der Waals surface area (Å²) in [4.78, 5) is 12.4. The average Bonchev–Trinajstić information content (AvgIpc) is 2.70. The van der Waals surface area contributed by atoms with Crippen molar-refractivity contribution in [1.82, 2.24) is 0 Å². The molecule has 1 amide bonds. The number of amides is 1. The average molecular weight is 370 g/mol. The first kappa shape index (κ1) is 18.8. The van der Waals surface area contributed by atoms with Crippen LogP contribution in [0.4, 0.5) is 0 Å². The van der Waals surface area contributed by atoms with Crippen LogP contribution >= 0.6 is 0 Å². The third kappa shape index (κ3) is 3.17. The van der Waals surface area contributed by atoms with Gasteiger partial charge in [0.15, 0.2) is 0 Å². The molecule has 0 radical (unpaired) electrons. The minimum Gasteiger partial charge on any atom is -0.496 e. The van der Waals surface area contributed by atoms with Crippen molar-refractivity contribution in [3.05, 3.63) is 29.3 Å². The predicted molar refractivity (Wildman–Crippen MR) is 109 cm³/mol. The third-order valence-corrected chi connectivity index (χ3v) is 8.46. The Morgan fingerprint density at radius 3 is 2.15 bits per heavy atom. The van der Waals surface area contributed by atoms with Crippen LogP contribution in [0.15, 0.2) is 18.2 Å². The van der Waals surface area contributed by atoms with E-state index in [2.05, 4.69) is 25.1 Å². The van der Waals surface area contributed by atoms with Gasteiger partial charge in [0.2, 0.25) is 5.91 Å². The summed E-state index contributed by atoms with van der Waals surface area (Å²) in [7, 11) is 1.75. The number of aryl methyl sites for hydroxylation is 1. The van der Waals surface area contributed by atoms with Gasteiger partial charge in [-0.3, -0.25) is 4.79 Å². The Bertz CT molecular complexity index is 693. The molecule has 0 aromatic heterocycles. The van der Waals surface area contributed by atoms with Crippen LogP contribution in [0.3, 0.4) is 0 Å². The molecule has 0 aliphatic heterocycles. The fourth-order valence-corrected chi connectivity index (χ4v) is 6.63. The second kappa shape index (κ2) is 6.83. The van der Waals surface area contributed by atoms with Crippen LogP contribution in [0, 0.1) is 17.8 Å². The van der Waals surface area contributed by atoms with Crippen LogP contribution in [0.2, 0.25) is 0 Å². The van der Waals surface area contributed by atoms with E-state index < -0.39 is 0 Å². The molecule has 0 spiro atoms. The molecule has 1 aromatic carbocycles. The zero-order valence-corrected chi connectivity index (χ0v) is 17.1. The Morgan fingerprint density at radius 1 is 1.00 bits per heavy atom. The lowest BCUT2D eigenvalue weighted by Crippen LogP contribution is -2.49. The molecule has 5 rings (SSSR count). The maximum Gasteiger partial charge on any atom is 0.223 e. The van der Waals surface area contributed by atoms with E-state index in [-0.39, 0.29) is 11.3 Å². The smallest absolute Gasteiger partial charge is 0.223 e. The summed E-state index contributed by atoms with van der Waals surface area (Å²) in [6.45, 7) is 2.15. The monoisotopic (exact) mass is 369 g/mol. The zero-order chi connectivity index (χ0) is 19.1. The molecule has 0 heterocycles. The maximum atomic E-state index is 12.4. The number of methoxy groups -OCH3 is 1. The molecule has 4 aliphatic carbocycles. The summed E-state index contributed by atoms with van der Waals surface area (Å²) in [6, 6.07) is 6.78. The summed E-state index contributed by atoms with van der Waals surface area (Å²) < 4.78 is 5.45. The van der Waals surface area contributed by atoms with Crippen molar-refractivity contribution in [1.29, 1.82) is 0 Å². The Hall–Kier alpha value is -1.51. The fourth-order valence-electron chi connectivity index (χ4n) is 6.63. The number of ether oxygens (including phenoxy) is 1. The van der Waals surface area contributed by atoms with Gasteiger partial charge in [-0.25, -0.2) is 0 Å². The first-order chi connectivity index (χ1) is 12.9. The number of primary amides is 1. The molecule has 3 heteroatoms. The van der Waals surface area contributed by atoms with Crippen molar-refractivity contribution >= 4 is 5.91 Å². The van der Waals surface area contributed by atoms with E-state index in [1.165, 1.54) is 68.9 Å². The molecule has 1 aromatic rings. The number of hydrogen-bond donors (Lipinski definition) is 1. The SMILES string of the molecule is COc1ccc(C23CCC(CC4(C(N)=O)CCCCC4)(CC2)CC3)cc1C. The minimum absolute atomic E-state index is 0.0234. The van der Waals surface area contributed by atoms with Crippen molar-refractivity contribution in [3.63, 3.8) is 0 Å². The van der Waals surface area contributed by atoms with Gasteiger partial charge in [0.1, 0.15) is 5.75 Å². The van der Waals surface area contributed by atoms with Crippen molar-refractivity contribution < 1.29 is 9.53 Å². The number of carbonyl (C=O) groups is 1. The maximum absolute atomic E-state index is 12.4. The van der Waals surface area contributed by atoms with E-state index >= 15 is 0 Å². The summed E-state index contributed by atoms with van der Waals surface area (Å²) in [5.41, 5.74) is 9.17. The van der Waals surface area contributed by atoms with Gasteiger partial charge in [0.05, 0.1) is 7.11 Å². The van der Waals surface area contributed by atoms with Gasteiger partial charge in [0.25, 0.3) is 0 Å². The van der Waals surface area contributed by atoms with Crippen molar-refractivity contribution in [2.75, 3.05) is 7.11 Å². The van der Waals surface area contributed by atoms with Crippen LogP contribution in [-0.2, 0) is 10.2 Å². The van der Waals surface area contributed by atoms with Gasteiger partial charge in [-0.15, -0.1) is 0 Å². The third-order valence-electron chi connectivity index (χ3n) is 8.46. The second-order valence-corrected chi connectivity index (χ2v) is 9.85.